The zero-order valence-corrected chi connectivity index (χ0v) is 21.8. The number of alkyl halides is 3. The zero-order chi connectivity index (χ0) is 26.7. The molecular formula is C29H27ClF3N3O. The van der Waals surface area contributed by atoms with Crippen LogP contribution >= 0.6 is 11.6 Å². The quantitative estimate of drug-likeness (QED) is 0.295. The molecule has 1 fully saturated rings. The van der Waals surface area contributed by atoms with Crippen LogP contribution in [0, 0.1) is 20.8 Å². The minimum Gasteiger partial charge on any atom is -0.340 e. The Morgan fingerprint density at radius 3 is 2.57 bits per heavy atom. The van der Waals surface area contributed by atoms with Gasteiger partial charge in [0.1, 0.15) is 5.82 Å². The number of carbonyl (C=O) groups is 1. The molecule has 0 radical (unpaired) electrons. The van der Waals surface area contributed by atoms with E-state index in [2.05, 4.69) is 9.97 Å². The minimum absolute atomic E-state index is 0.130. The number of aromatic nitrogens is 2. The highest BCUT2D eigenvalue weighted by molar-refractivity contribution is 6.32. The van der Waals surface area contributed by atoms with Crippen molar-refractivity contribution < 1.29 is 18.0 Å². The third-order valence-corrected chi connectivity index (χ3v) is 7.89. The Hall–Kier alpha value is -3.32. The maximum atomic E-state index is 14.1. The van der Waals surface area contributed by atoms with Crippen LogP contribution in [-0.4, -0.2) is 27.3 Å². The number of benzene rings is 3. The summed E-state index contributed by atoms with van der Waals surface area (Å²) in [7, 11) is 0. The Balaban J connectivity index is 1.59. The zero-order valence-electron chi connectivity index (χ0n) is 21.1. The molecule has 8 heteroatoms. The third kappa shape index (κ3) is 4.29. The smallest absolute Gasteiger partial charge is 0.340 e. The summed E-state index contributed by atoms with van der Waals surface area (Å²) in [5.41, 5.74) is 4.51. The second-order valence-electron chi connectivity index (χ2n) is 10.1. The lowest BCUT2D eigenvalue weighted by Gasteiger charge is -2.34. The fourth-order valence-corrected chi connectivity index (χ4v) is 5.56. The molecule has 1 saturated heterocycles. The molecule has 0 spiro atoms. The number of amides is 1. The number of hydrogen-bond donors (Lipinski definition) is 1. The van der Waals surface area contributed by atoms with E-state index >= 15 is 0 Å². The van der Waals surface area contributed by atoms with Gasteiger partial charge in [-0.15, -0.1) is 0 Å². The SMILES string of the molecule is Cc1ccc(-c2cccc(C)c2C)c(C(=O)N2CCCC2(C)c2nc3cc(Cl)c(C(F)(F)F)cc3[nH]2)c1. The molecule has 4 nitrogen and oxygen atoms in total. The lowest BCUT2D eigenvalue weighted by molar-refractivity contribution is -0.137. The first-order valence-corrected chi connectivity index (χ1v) is 12.5. The topological polar surface area (TPSA) is 49.0 Å². The van der Waals surface area contributed by atoms with Crippen LogP contribution in [0.15, 0.2) is 48.5 Å². The van der Waals surface area contributed by atoms with Gasteiger partial charge in [0.05, 0.1) is 27.2 Å². The Morgan fingerprint density at radius 2 is 1.84 bits per heavy atom. The molecule has 2 heterocycles. The van der Waals surface area contributed by atoms with Gasteiger partial charge in [-0.25, -0.2) is 4.98 Å². The molecule has 3 aromatic carbocycles. The number of imidazole rings is 1. The monoisotopic (exact) mass is 525 g/mol. The van der Waals surface area contributed by atoms with Crippen molar-refractivity contribution >= 4 is 28.5 Å². The van der Waals surface area contributed by atoms with Crippen molar-refractivity contribution in [2.75, 3.05) is 6.54 Å². The number of aryl methyl sites for hydroxylation is 2. The van der Waals surface area contributed by atoms with Crippen molar-refractivity contribution in [1.29, 1.82) is 0 Å². The molecule has 1 amide bonds. The number of H-pyrrole nitrogens is 1. The number of halogens is 4. The molecule has 5 rings (SSSR count). The summed E-state index contributed by atoms with van der Waals surface area (Å²) in [6, 6.07) is 14.2. The lowest BCUT2D eigenvalue weighted by Crippen LogP contribution is -2.43. The summed E-state index contributed by atoms with van der Waals surface area (Å²) < 4.78 is 40.2. The number of nitrogens with zero attached hydrogens (tertiary/aromatic N) is 2. The molecular weight excluding hydrogens is 499 g/mol. The fraction of sp³-hybridized carbons (Fsp3) is 0.310. The summed E-state index contributed by atoms with van der Waals surface area (Å²) in [6.45, 7) is 8.47. The highest BCUT2D eigenvalue weighted by Gasteiger charge is 2.44. The van der Waals surface area contributed by atoms with Crippen LogP contribution < -0.4 is 0 Å². The first kappa shape index (κ1) is 25.3. The average molecular weight is 526 g/mol. The van der Waals surface area contributed by atoms with E-state index < -0.39 is 22.3 Å². The van der Waals surface area contributed by atoms with Crippen molar-refractivity contribution in [3.05, 3.63) is 87.2 Å². The predicted octanol–water partition coefficient (Wildman–Crippen LogP) is 7.98. The highest BCUT2D eigenvalue weighted by atomic mass is 35.5. The largest absolute Gasteiger partial charge is 0.417 e. The van der Waals surface area contributed by atoms with Crippen LogP contribution in [-0.2, 0) is 11.7 Å². The van der Waals surface area contributed by atoms with Gasteiger partial charge in [-0.3, -0.25) is 4.79 Å². The Morgan fingerprint density at radius 1 is 1.08 bits per heavy atom. The van der Waals surface area contributed by atoms with Crippen molar-refractivity contribution in [2.24, 2.45) is 0 Å². The summed E-state index contributed by atoms with van der Waals surface area (Å²) >= 11 is 5.93. The standard InChI is InChI=1S/C29H27ClF3N3O/c1-16-9-10-20(19-8-5-7-17(2)18(19)3)21(13-16)26(37)36-12-6-11-28(36,4)27-34-24-14-22(29(31,32)33)23(30)15-25(24)35-27/h5,7-10,13-15H,6,11-12H2,1-4H3,(H,34,35). The summed E-state index contributed by atoms with van der Waals surface area (Å²) in [5.74, 6) is 0.318. The normalized spacial score (nSPS) is 18.1. The number of nitrogens with one attached hydrogen (secondary N) is 1. The van der Waals surface area contributed by atoms with Gasteiger partial charge in [0.25, 0.3) is 5.91 Å². The van der Waals surface area contributed by atoms with Crippen molar-refractivity contribution in [1.82, 2.24) is 14.9 Å². The van der Waals surface area contributed by atoms with E-state index in [0.717, 1.165) is 40.3 Å². The van der Waals surface area contributed by atoms with Crippen molar-refractivity contribution in [3.63, 3.8) is 0 Å². The van der Waals surface area contributed by atoms with Gasteiger partial charge in [-0.05, 0) is 81.0 Å². The molecule has 1 aliphatic heterocycles. The van der Waals surface area contributed by atoms with Crippen LogP contribution in [0.2, 0.25) is 5.02 Å². The number of fused-ring (bicyclic) bond motifs is 1. The molecule has 1 aliphatic rings. The molecule has 0 aliphatic carbocycles. The van der Waals surface area contributed by atoms with Crippen molar-refractivity contribution in [3.8, 4) is 11.1 Å². The molecule has 1 atom stereocenters. The Kier molecular flexibility index (Phi) is 6.10. The molecule has 1 unspecified atom stereocenters. The van der Waals surface area contributed by atoms with E-state index in [0.29, 0.717) is 29.9 Å². The first-order chi connectivity index (χ1) is 17.4. The number of likely N-dealkylation sites (tertiary alicyclic amines) is 1. The predicted molar refractivity (Wildman–Crippen MR) is 140 cm³/mol. The molecule has 0 saturated carbocycles. The number of aromatic amines is 1. The third-order valence-electron chi connectivity index (χ3n) is 7.57. The van der Waals surface area contributed by atoms with E-state index in [1.54, 1.807) is 4.90 Å². The summed E-state index contributed by atoms with van der Waals surface area (Å²) in [5, 5.41) is -0.402. The second kappa shape index (κ2) is 8.91. The van der Waals surface area contributed by atoms with Gasteiger partial charge in [-0.1, -0.05) is 47.5 Å². The highest BCUT2D eigenvalue weighted by Crippen LogP contribution is 2.42. The van der Waals surface area contributed by atoms with Crippen LogP contribution in [0.1, 0.15) is 58.2 Å². The Labute approximate surface area is 218 Å². The second-order valence-corrected chi connectivity index (χ2v) is 10.5. The van der Waals surface area contributed by atoms with Crippen LogP contribution in [0.3, 0.4) is 0 Å². The van der Waals surface area contributed by atoms with E-state index in [4.69, 9.17) is 11.6 Å². The minimum atomic E-state index is -4.58. The van der Waals surface area contributed by atoms with Gasteiger partial charge >= 0.3 is 6.18 Å². The maximum Gasteiger partial charge on any atom is 0.417 e. The van der Waals surface area contributed by atoms with Gasteiger partial charge < -0.3 is 9.88 Å². The molecule has 192 valence electrons. The number of carbonyl (C=O) groups excluding carboxylic acids is 1. The maximum absolute atomic E-state index is 14.1. The van der Waals surface area contributed by atoms with E-state index in [9.17, 15) is 18.0 Å². The Bertz CT molecular complexity index is 1540. The van der Waals surface area contributed by atoms with E-state index in [1.807, 2.05) is 64.1 Å². The molecule has 1 N–H and O–H groups in total. The number of rotatable bonds is 3. The van der Waals surface area contributed by atoms with Crippen molar-refractivity contribution in [2.45, 2.75) is 52.3 Å². The molecule has 1 aromatic heterocycles. The van der Waals surface area contributed by atoms with Gasteiger partial charge in [0.15, 0.2) is 0 Å². The van der Waals surface area contributed by atoms with Crippen LogP contribution in [0.25, 0.3) is 22.2 Å². The van der Waals surface area contributed by atoms with Gasteiger partial charge in [0.2, 0.25) is 0 Å². The van der Waals surface area contributed by atoms with E-state index in [-0.39, 0.29) is 11.4 Å². The van der Waals surface area contributed by atoms with Gasteiger partial charge in [0, 0.05) is 12.1 Å². The van der Waals surface area contributed by atoms with Gasteiger partial charge in [-0.2, -0.15) is 13.2 Å². The molecule has 37 heavy (non-hydrogen) atoms. The fourth-order valence-electron chi connectivity index (χ4n) is 5.30. The molecule has 4 aromatic rings. The lowest BCUT2D eigenvalue weighted by atomic mass is 9.91. The van der Waals surface area contributed by atoms with Crippen LogP contribution in [0.5, 0.6) is 0 Å². The molecule has 0 bridgehead atoms. The summed E-state index contributed by atoms with van der Waals surface area (Å²) in [6.07, 6.45) is -3.20. The number of hydrogen-bond acceptors (Lipinski definition) is 2. The summed E-state index contributed by atoms with van der Waals surface area (Å²) in [4.78, 5) is 23.6. The van der Waals surface area contributed by atoms with Crippen LogP contribution in [0.4, 0.5) is 13.2 Å². The first-order valence-electron chi connectivity index (χ1n) is 12.2. The van der Waals surface area contributed by atoms with E-state index in [1.165, 1.54) is 6.07 Å². The average Bonchev–Trinajstić information content (AvgIpc) is 3.43.